The fourth-order valence-electron chi connectivity index (χ4n) is 2.87. The summed E-state index contributed by atoms with van der Waals surface area (Å²) >= 11 is 0. The number of benzene rings is 1. The molecule has 7 heteroatoms. The van der Waals surface area contributed by atoms with Crippen molar-refractivity contribution < 1.29 is 4.42 Å². The second kappa shape index (κ2) is 6.01. The van der Waals surface area contributed by atoms with Crippen LogP contribution in [0.2, 0.25) is 0 Å². The average molecular weight is 334 g/mol. The van der Waals surface area contributed by atoms with Crippen LogP contribution in [0.1, 0.15) is 30.1 Å². The summed E-state index contributed by atoms with van der Waals surface area (Å²) in [6.45, 7) is 6.01. The molecule has 126 valence electrons. The zero-order valence-electron chi connectivity index (χ0n) is 14.3. The Bertz CT molecular complexity index is 965. The number of nitrogens with zero attached hydrogens (tertiary/aromatic N) is 5. The van der Waals surface area contributed by atoms with E-state index < -0.39 is 0 Å². The molecular formula is C18H18N6O. The molecule has 0 bridgehead atoms. The Morgan fingerprint density at radius 2 is 1.96 bits per heavy atom. The standard InChI is InChI=1S/C18H18N6O/c1-11-9-15(25-13(11)3)17-16(14-7-5-4-6-8-14)19-10-24(17)12(2)18-20-22-23-21-18/h4-10,12H,1-3H3,(H,20,21,22,23)/t12-/m0/s1. The van der Waals surface area contributed by atoms with Gasteiger partial charge in [-0.1, -0.05) is 35.5 Å². The van der Waals surface area contributed by atoms with Gasteiger partial charge in [-0.25, -0.2) is 4.98 Å². The van der Waals surface area contributed by atoms with E-state index in [2.05, 4.69) is 25.6 Å². The number of aromatic nitrogens is 6. The maximum Gasteiger partial charge on any atom is 0.197 e. The van der Waals surface area contributed by atoms with E-state index in [1.54, 1.807) is 6.33 Å². The largest absolute Gasteiger partial charge is 0.459 e. The third-order valence-electron chi connectivity index (χ3n) is 4.39. The van der Waals surface area contributed by atoms with Crippen molar-refractivity contribution in [2.75, 3.05) is 0 Å². The molecule has 0 fully saturated rings. The van der Waals surface area contributed by atoms with Gasteiger partial charge in [0.25, 0.3) is 0 Å². The number of hydrogen-bond acceptors (Lipinski definition) is 5. The van der Waals surface area contributed by atoms with Gasteiger partial charge in [-0.05, 0) is 32.4 Å². The highest BCUT2D eigenvalue weighted by atomic mass is 16.3. The van der Waals surface area contributed by atoms with Crippen molar-refractivity contribution in [3.63, 3.8) is 0 Å². The maximum atomic E-state index is 6.00. The van der Waals surface area contributed by atoms with Crippen molar-refractivity contribution in [1.82, 2.24) is 30.2 Å². The Morgan fingerprint density at radius 3 is 2.60 bits per heavy atom. The first-order valence-electron chi connectivity index (χ1n) is 8.08. The number of hydrogen-bond donors (Lipinski definition) is 1. The smallest absolute Gasteiger partial charge is 0.197 e. The fourth-order valence-corrected chi connectivity index (χ4v) is 2.87. The zero-order chi connectivity index (χ0) is 17.4. The number of aryl methyl sites for hydroxylation is 2. The molecule has 3 aromatic heterocycles. The predicted octanol–water partition coefficient (Wildman–Crippen LogP) is 3.55. The normalized spacial score (nSPS) is 12.4. The Hall–Kier alpha value is -3.22. The molecule has 0 saturated heterocycles. The summed E-state index contributed by atoms with van der Waals surface area (Å²) in [4.78, 5) is 4.65. The minimum Gasteiger partial charge on any atom is -0.459 e. The van der Waals surface area contributed by atoms with Gasteiger partial charge in [-0.2, -0.15) is 5.21 Å². The van der Waals surface area contributed by atoms with Crippen molar-refractivity contribution in [3.05, 3.63) is 59.9 Å². The fraction of sp³-hybridized carbons (Fsp3) is 0.222. The van der Waals surface area contributed by atoms with Crippen LogP contribution in [0.25, 0.3) is 22.7 Å². The molecule has 25 heavy (non-hydrogen) atoms. The molecule has 0 aliphatic heterocycles. The van der Waals surface area contributed by atoms with Gasteiger partial charge < -0.3 is 8.98 Å². The van der Waals surface area contributed by atoms with E-state index in [1.807, 2.05) is 61.7 Å². The van der Waals surface area contributed by atoms with Gasteiger partial charge in [0.15, 0.2) is 11.6 Å². The zero-order valence-corrected chi connectivity index (χ0v) is 14.3. The molecule has 0 aliphatic rings. The predicted molar refractivity (Wildman–Crippen MR) is 92.8 cm³/mol. The van der Waals surface area contributed by atoms with E-state index in [0.717, 1.165) is 34.0 Å². The van der Waals surface area contributed by atoms with Gasteiger partial charge >= 0.3 is 0 Å². The summed E-state index contributed by atoms with van der Waals surface area (Å²) in [5, 5.41) is 14.4. The summed E-state index contributed by atoms with van der Waals surface area (Å²) in [5.74, 6) is 2.27. The van der Waals surface area contributed by atoms with Crippen LogP contribution >= 0.6 is 0 Å². The average Bonchev–Trinajstić information content (AvgIpc) is 3.35. The molecule has 4 aromatic rings. The van der Waals surface area contributed by atoms with Crippen LogP contribution in [0, 0.1) is 13.8 Å². The quantitative estimate of drug-likeness (QED) is 0.617. The van der Waals surface area contributed by atoms with E-state index >= 15 is 0 Å². The van der Waals surface area contributed by atoms with E-state index in [1.165, 1.54) is 0 Å². The Morgan fingerprint density at radius 1 is 1.16 bits per heavy atom. The van der Waals surface area contributed by atoms with Crippen molar-refractivity contribution in [2.24, 2.45) is 0 Å². The van der Waals surface area contributed by atoms with Gasteiger partial charge in [-0.3, -0.25) is 0 Å². The highest BCUT2D eigenvalue weighted by Gasteiger charge is 2.23. The van der Waals surface area contributed by atoms with Crippen molar-refractivity contribution in [1.29, 1.82) is 0 Å². The number of H-pyrrole nitrogens is 1. The van der Waals surface area contributed by atoms with Crippen LogP contribution < -0.4 is 0 Å². The number of imidazole rings is 1. The van der Waals surface area contributed by atoms with Gasteiger partial charge in [0.2, 0.25) is 0 Å². The van der Waals surface area contributed by atoms with Crippen molar-refractivity contribution >= 4 is 0 Å². The number of nitrogens with one attached hydrogen (secondary N) is 1. The molecule has 1 aromatic carbocycles. The molecule has 7 nitrogen and oxygen atoms in total. The summed E-state index contributed by atoms with van der Waals surface area (Å²) in [6, 6.07) is 12.0. The second-order valence-electron chi connectivity index (χ2n) is 6.01. The van der Waals surface area contributed by atoms with Crippen LogP contribution in [-0.2, 0) is 0 Å². The number of furan rings is 1. The number of tetrazole rings is 1. The third kappa shape index (κ3) is 2.63. The van der Waals surface area contributed by atoms with E-state index in [4.69, 9.17) is 4.42 Å². The Labute approximate surface area is 144 Å². The SMILES string of the molecule is Cc1cc(-c2c(-c3ccccc3)ncn2[C@@H](C)c2nn[nH]n2)oc1C. The lowest BCUT2D eigenvalue weighted by molar-refractivity contribution is 0.531. The summed E-state index contributed by atoms with van der Waals surface area (Å²) in [7, 11) is 0. The summed E-state index contributed by atoms with van der Waals surface area (Å²) in [5.41, 5.74) is 3.90. The first-order chi connectivity index (χ1) is 12.1. The topological polar surface area (TPSA) is 85.4 Å². The molecule has 0 unspecified atom stereocenters. The minimum absolute atomic E-state index is 0.135. The first-order valence-corrected chi connectivity index (χ1v) is 8.08. The molecule has 3 heterocycles. The molecule has 0 aliphatic carbocycles. The molecule has 1 N–H and O–H groups in total. The van der Waals surface area contributed by atoms with E-state index in [0.29, 0.717) is 5.82 Å². The molecule has 0 amide bonds. The molecule has 0 spiro atoms. The van der Waals surface area contributed by atoms with E-state index in [9.17, 15) is 0 Å². The highest BCUT2D eigenvalue weighted by molar-refractivity contribution is 5.76. The second-order valence-corrected chi connectivity index (χ2v) is 6.01. The Kier molecular flexibility index (Phi) is 3.68. The third-order valence-corrected chi connectivity index (χ3v) is 4.39. The lowest BCUT2D eigenvalue weighted by Gasteiger charge is -2.13. The highest BCUT2D eigenvalue weighted by Crippen LogP contribution is 2.35. The minimum atomic E-state index is -0.135. The summed E-state index contributed by atoms with van der Waals surface area (Å²) < 4.78 is 8.02. The van der Waals surface area contributed by atoms with E-state index in [-0.39, 0.29) is 6.04 Å². The molecule has 0 saturated carbocycles. The van der Waals surface area contributed by atoms with Crippen molar-refractivity contribution in [2.45, 2.75) is 26.8 Å². The van der Waals surface area contributed by atoms with Gasteiger partial charge in [-0.15, -0.1) is 10.2 Å². The van der Waals surface area contributed by atoms with Crippen molar-refractivity contribution in [3.8, 4) is 22.7 Å². The monoisotopic (exact) mass is 334 g/mol. The number of rotatable bonds is 4. The van der Waals surface area contributed by atoms with Crippen LogP contribution in [0.3, 0.4) is 0 Å². The Balaban J connectivity index is 1.92. The first kappa shape index (κ1) is 15.3. The molecular weight excluding hydrogens is 316 g/mol. The molecule has 0 radical (unpaired) electrons. The number of aromatic amines is 1. The van der Waals surface area contributed by atoms with Gasteiger partial charge in [0, 0.05) is 5.56 Å². The maximum absolute atomic E-state index is 6.00. The van der Waals surface area contributed by atoms with Crippen LogP contribution in [0.4, 0.5) is 0 Å². The lowest BCUT2D eigenvalue weighted by atomic mass is 10.1. The lowest BCUT2D eigenvalue weighted by Crippen LogP contribution is -2.09. The van der Waals surface area contributed by atoms with Crippen LogP contribution in [-0.4, -0.2) is 30.2 Å². The molecule has 4 rings (SSSR count). The molecule has 1 atom stereocenters. The van der Waals surface area contributed by atoms with Gasteiger partial charge in [0.05, 0.1) is 18.1 Å². The van der Waals surface area contributed by atoms with Gasteiger partial charge in [0.1, 0.15) is 11.5 Å². The summed E-state index contributed by atoms with van der Waals surface area (Å²) in [6.07, 6.45) is 1.80. The van der Waals surface area contributed by atoms with Crippen LogP contribution in [0.15, 0.2) is 47.1 Å². The van der Waals surface area contributed by atoms with Crippen LogP contribution in [0.5, 0.6) is 0 Å².